The number of amides is 1. The highest BCUT2D eigenvalue weighted by atomic mass is 35.5. The van der Waals surface area contributed by atoms with Crippen LogP contribution in [-0.2, 0) is 4.79 Å². The molecule has 6 heteroatoms. The molecule has 0 spiro atoms. The van der Waals surface area contributed by atoms with E-state index < -0.39 is 12.2 Å². The van der Waals surface area contributed by atoms with Crippen LogP contribution in [0.25, 0.3) is 0 Å². The maximum absolute atomic E-state index is 12.5. The molecule has 0 saturated carbocycles. The van der Waals surface area contributed by atoms with E-state index in [0.717, 1.165) is 12.8 Å². The molecule has 1 heterocycles. The molecule has 1 saturated heterocycles. The molecular formula is C16H21Cl2NO3. The zero-order chi connectivity index (χ0) is 16.3. The summed E-state index contributed by atoms with van der Waals surface area (Å²) in [5.74, 6) is 0.575. The molecule has 1 N–H and O–H groups in total. The number of aliphatic hydroxyl groups excluding tert-OH is 1. The molecule has 3 atom stereocenters. The number of halogens is 2. The minimum atomic E-state index is -0.606. The summed E-state index contributed by atoms with van der Waals surface area (Å²) in [6, 6.07) is 4.93. The van der Waals surface area contributed by atoms with E-state index >= 15 is 0 Å². The first kappa shape index (κ1) is 17.4. The number of aliphatic hydroxyl groups is 1. The first-order valence-electron chi connectivity index (χ1n) is 7.47. The van der Waals surface area contributed by atoms with Crippen LogP contribution in [0.1, 0.15) is 26.7 Å². The van der Waals surface area contributed by atoms with Crippen molar-refractivity contribution >= 4 is 29.1 Å². The van der Waals surface area contributed by atoms with Crippen LogP contribution in [0, 0.1) is 5.92 Å². The fraction of sp³-hybridized carbons (Fsp3) is 0.562. The monoisotopic (exact) mass is 345 g/mol. The van der Waals surface area contributed by atoms with Gasteiger partial charge in [0.2, 0.25) is 0 Å². The minimum Gasteiger partial charge on any atom is -0.481 e. The van der Waals surface area contributed by atoms with Gasteiger partial charge in [-0.3, -0.25) is 4.79 Å². The van der Waals surface area contributed by atoms with E-state index in [-0.39, 0.29) is 11.8 Å². The summed E-state index contributed by atoms with van der Waals surface area (Å²) in [4.78, 5) is 14.2. The van der Waals surface area contributed by atoms with Crippen LogP contribution in [0.2, 0.25) is 10.0 Å². The van der Waals surface area contributed by atoms with Crippen molar-refractivity contribution in [1.82, 2.24) is 4.90 Å². The quantitative estimate of drug-likeness (QED) is 0.909. The normalized spacial score (nSPS) is 21.3. The summed E-state index contributed by atoms with van der Waals surface area (Å²) in [6.07, 6.45) is 0.844. The Hall–Kier alpha value is -0.970. The number of hydrogen-bond donors (Lipinski definition) is 1. The van der Waals surface area contributed by atoms with E-state index in [9.17, 15) is 9.90 Å². The molecule has 122 valence electrons. The average molecular weight is 346 g/mol. The number of benzene rings is 1. The third kappa shape index (κ3) is 4.28. The Kier molecular flexibility index (Phi) is 5.95. The van der Waals surface area contributed by atoms with Gasteiger partial charge in [-0.1, -0.05) is 23.2 Å². The molecular weight excluding hydrogens is 325 g/mol. The number of rotatable bonds is 4. The Morgan fingerprint density at radius 2 is 2.09 bits per heavy atom. The number of carbonyl (C=O) groups excluding carboxylic acids is 1. The van der Waals surface area contributed by atoms with Crippen LogP contribution in [-0.4, -0.2) is 41.2 Å². The summed E-state index contributed by atoms with van der Waals surface area (Å²) in [6.45, 7) is 4.77. The fourth-order valence-corrected chi connectivity index (χ4v) is 2.95. The first-order valence-corrected chi connectivity index (χ1v) is 8.22. The molecule has 0 aliphatic carbocycles. The van der Waals surface area contributed by atoms with Gasteiger partial charge in [0.1, 0.15) is 5.75 Å². The van der Waals surface area contributed by atoms with E-state index in [4.69, 9.17) is 27.9 Å². The van der Waals surface area contributed by atoms with Crippen LogP contribution in [0.4, 0.5) is 0 Å². The molecule has 1 amide bonds. The number of hydrogen-bond acceptors (Lipinski definition) is 3. The van der Waals surface area contributed by atoms with Gasteiger partial charge in [0.15, 0.2) is 6.10 Å². The van der Waals surface area contributed by atoms with Crippen molar-refractivity contribution < 1.29 is 14.6 Å². The Morgan fingerprint density at radius 3 is 2.73 bits per heavy atom. The standard InChI is InChI=1S/C16H21Cl2NO3/c1-10(20)12-4-3-7-19(9-12)16(21)11(2)22-13-5-6-14(17)15(18)8-13/h5-6,8,10-12,20H,3-4,7,9H2,1-2H3. The second kappa shape index (κ2) is 7.53. The van der Waals surface area contributed by atoms with Gasteiger partial charge in [-0.05, 0) is 38.8 Å². The van der Waals surface area contributed by atoms with Crippen molar-refractivity contribution in [2.45, 2.75) is 38.9 Å². The van der Waals surface area contributed by atoms with Gasteiger partial charge in [0.25, 0.3) is 5.91 Å². The van der Waals surface area contributed by atoms with Gasteiger partial charge in [-0.2, -0.15) is 0 Å². The summed E-state index contributed by atoms with van der Waals surface area (Å²) in [5.41, 5.74) is 0. The van der Waals surface area contributed by atoms with Crippen LogP contribution in [0.3, 0.4) is 0 Å². The largest absolute Gasteiger partial charge is 0.481 e. The molecule has 1 aliphatic heterocycles. The van der Waals surface area contributed by atoms with Gasteiger partial charge in [-0.25, -0.2) is 0 Å². The topological polar surface area (TPSA) is 49.8 Å². The summed E-state index contributed by atoms with van der Waals surface area (Å²) < 4.78 is 5.66. The van der Waals surface area contributed by atoms with E-state index in [2.05, 4.69) is 0 Å². The second-order valence-electron chi connectivity index (χ2n) is 5.76. The van der Waals surface area contributed by atoms with Crippen LogP contribution in [0.5, 0.6) is 5.75 Å². The molecule has 3 unspecified atom stereocenters. The number of nitrogens with zero attached hydrogens (tertiary/aromatic N) is 1. The second-order valence-corrected chi connectivity index (χ2v) is 6.58. The lowest BCUT2D eigenvalue weighted by Crippen LogP contribution is -2.47. The van der Waals surface area contributed by atoms with Gasteiger partial charge in [0.05, 0.1) is 16.1 Å². The number of ether oxygens (including phenoxy) is 1. The van der Waals surface area contributed by atoms with Gasteiger partial charge >= 0.3 is 0 Å². The predicted molar refractivity (Wildman–Crippen MR) is 87.5 cm³/mol. The fourth-order valence-electron chi connectivity index (χ4n) is 2.67. The third-order valence-electron chi connectivity index (χ3n) is 4.00. The zero-order valence-corrected chi connectivity index (χ0v) is 14.3. The van der Waals surface area contributed by atoms with Crippen molar-refractivity contribution in [1.29, 1.82) is 0 Å². The van der Waals surface area contributed by atoms with Crippen LogP contribution in [0.15, 0.2) is 18.2 Å². The molecule has 0 aromatic heterocycles. The summed E-state index contributed by atoms with van der Waals surface area (Å²) >= 11 is 11.8. The van der Waals surface area contributed by atoms with Crippen molar-refractivity contribution in [3.05, 3.63) is 28.2 Å². The molecule has 22 heavy (non-hydrogen) atoms. The smallest absolute Gasteiger partial charge is 0.263 e. The Morgan fingerprint density at radius 1 is 1.36 bits per heavy atom. The average Bonchev–Trinajstić information content (AvgIpc) is 2.50. The van der Waals surface area contributed by atoms with E-state index in [1.54, 1.807) is 36.9 Å². The zero-order valence-electron chi connectivity index (χ0n) is 12.8. The minimum absolute atomic E-state index is 0.0728. The summed E-state index contributed by atoms with van der Waals surface area (Å²) in [7, 11) is 0. The lowest BCUT2D eigenvalue weighted by Gasteiger charge is -2.35. The molecule has 1 aromatic rings. The van der Waals surface area contributed by atoms with Gasteiger partial charge in [0, 0.05) is 25.1 Å². The van der Waals surface area contributed by atoms with Gasteiger partial charge < -0.3 is 14.7 Å². The lowest BCUT2D eigenvalue weighted by molar-refractivity contribution is -0.140. The molecule has 0 bridgehead atoms. The highest BCUT2D eigenvalue weighted by molar-refractivity contribution is 6.42. The van der Waals surface area contributed by atoms with Crippen LogP contribution < -0.4 is 4.74 Å². The van der Waals surface area contributed by atoms with Crippen molar-refractivity contribution in [3.8, 4) is 5.75 Å². The SMILES string of the molecule is CC(Oc1ccc(Cl)c(Cl)c1)C(=O)N1CCCC(C(C)O)C1. The van der Waals surface area contributed by atoms with Crippen molar-refractivity contribution in [2.75, 3.05) is 13.1 Å². The highest BCUT2D eigenvalue weighted by Crippen LogP contribution is 2.27. The number of piperidine rings is 1. The number of carbonyl (C=O) groups is 1. The summed E-state index contributed by atoms with van der Waals surface area (Å²) in [5, 5.41) is 10.6. The van der Waals surface area contributed by atoms with Crippen LogP contribution >= 0.6 is 23.2 Å². The maximum atomic E-state index is 12.5. The van der Waals surface area contributed by atoms with E-state index in [1.165, 1.54) is 0 Å². The third-order valence-corrected chi connectivity index (χ3v) is 4.74. The molecule has 0 radical (unpaired) electrons. The van der Waals surface area contributed by atoms with Gasteiger partial charge in [-0.15, -0.1) is 0 Å². The number of likely N-dealkylation sites (tertiary alicyclic amines) is 1. The lowest BCUT2D eigenvalue weighted by atomic mass is 9.93. The van der Waals surface area contributed by atoms with Crippen molar-refractivity contribution in [3.63, 3.8) is 0 Å². The van der Waals surface area contributed by atoms with Crippen molar-refractivity contribution in [2.24, 2.45) is 5.92 Å². The Balaban J connectivity index is 1.97. The molecule has 1 aliphatic rings. The van der Waals surface area contributed by atoms with E-state index in [1.807, 2.05) is 0 Å². The predicted octanol–water partition coefficient (Wildman–Crippen LogP) is 3.38. The molecule has 1 aromatic carbocycles. The molecule has 1 fully saturated rings. The first-order chi connectivity index (χ1) is 10.4. The van der Waals surface area contributed by atoms with E-state index in [0.29, 0.717) is 28.9 Å². The Labute approximate surface area is 141 Å². The molecule has 4 nitrogen and oxygen atoms in total. The molecule has 2 rings (SSSR count). The maximum Gasteiger partial charge on any atom is 0.263 e. The Bertz CT molecular complexity index is 536. The highest BCUT2D eigenvalue weighted by Gasteiger charge is 2.29.